The number of pyridine rings is 1. The number of benzene rings is 2. The lowest BCUT2D eigenvalue weighted by Crippen LogP contribution is -2.19. The molecule has 0 saturated heterocycles. The molecule has 0 fully saturated rings. The summed E-state index contributed by atoms with van der Waals surface area (Å²) in [5, 5.41) is 4.51. The molecule has 0 radical (unpaired) electrons. The van der Waals surface area contributed by atoms with E-state index in [9.17, 15) is 0 Å². The van der Waals surface area contributed by atoms with Crippen LogP contribution in [-0.4, -0.2) is 18.6 Å². The molecule has 0 aliphatic carbocycles. The molecule has 2 nitrogen and oxygen atoms in total. The number of likely N-dealkylation sites (N-methyl/N-ethyl adjacent to an activating group) is 1. The third kappa shape index (κ3) is 3.29. The number of nitrogens with one attached hydrogen (secondary N) is 1. The van der Waals surface area contributed by atoms with Gasteiger partial charge in [0.25, 0.3) is 0 Å². The molecule has 0 bridgehead atoms. The Balaban J connectivity index is 1.87. The van der Waals surface area contributed by atoms with Gasteiger partial charge in [-0.15, -0.1) is 0 Å². The summed E-state index contributed by atoms with van der Waals surface area (Å²) in [5.41, 5.74) is 3.80. The van der Waals surface area contributed by atoms with E-state index in [2.05, 4.69) is 64.9 Å². The van der Waals surface area contributed by atoms with Crippen molar-refractivity contribution >= 4 is 10.9 Å². The quantitative estimate of drug-likeness (QED) is 0.767. The summed E-state index contributed by atoms with van der Waals surface area (Å²) in [6.07, 6.45) is 2.88. The van der Waals surface area contributed by atoms with Crippen molar-refractivity contribution in [3.05, 3.63) is 78.0 Å². The molecule has 3 aromatic rings. The summed E-state index contributed by atoms with van der Waals surface area (Å²) in [4.78, 5) is 4.45. The Morgan fingerprint density at radius 2 is 1.86 bits per heavy atom. The molecule has 21 heavy (non-hydrogen) atoms. The van der Waals surface area contributed by atoms with Crippen LogP contribution in [0.4, 0.5) is 0 Å². The molecule has 1 unspecified atom stereocenters. The summed E-state index contributed by atoms with van der Waals surface area (Å²) in [6, 6.07) is 21.4. The zero-order valence-corrected chi connectivity index (χ0v) is 12.3. The maximum atomic E-state index is 4.45. The fraction of sp³-hybridized carbons (Fsp3) is 0.211. The zero-order valence-electron chi connectivity index (χ0n) is 12.3. The number of hydrogen-bond acceptors (Lipinski definition) is 2. The van der Waals surface area contributed by atoms with Crippen LogP contribution in [0.5, 0.6) is 0 Å². The molecular formula is C19H20N2. The van der Waals surface area contributed by atoms with Crippen LogP contribution >= 0.6 is 0 Å². The Bertz CT molecular complexity index is 707. The molecule has 2 heteroatoms. The van der Waals surface area contributed by atoms with E-state index in [4.69, 9.17) is 0 Å². The molecule has 1 atom stereocenters. The monoisotopic (exact) mass is 276 g/mol. The van der Waals surface area contributed by atoms with E-state index in [1.54, 1.807) is 0 Å². The van der Waals surface area contributed by atoms with E-state index in [1.807, 2.05) is 19.3 Å². The van der Waals surface area contributed by atoms with Crippen molar-refractivity contribution in [2.45, 2.75) is 12.3 Å². The lowest BCUT2D eigenvalue weighted by Gasteiger charge is -2.17. The molecule has 0 aliphatic heterocycles. The number of aromatic nitrogens is 1. The number of nitrogens with zero attached hydrogens (tertiary/aromatic N) is 1. The molecule has 2 aromatic carbocycles. The van der Waals surface area contributed by atoms with E-state index < -0.39 is 0 Å². The topological polar surface area (TPSA) is 24.9 Å². The van der Waals surface area contributed by atoms with Gasteiger partial charge in [-0.3, -0.25) is 4.98 Å². The van der Waals surface area contributed by atoms with Crippen LogP contribution in [-0.2, 0) is 6.42 Å². The van der Waals surface area contributed by atoms with E-state index in [0.29, 0.717) is 5.92 Å². The maximum absolute atomic E-state index is 4.45. The molecule has 0 amide bonds. The van der Waals surface area contributed by atoms with Gasteiger partial charge in [0, 0.05) is 24.0 Å². The van der Waals surface area contributed by atoms with Gasteiger partial charge in [0.2, 0.25) is 0 Å². The Hall–Kier alpha value is -2.19. The fourth-order valence-corrected chi connectivity index (χ4v) is 2.80. The van der Waals surface area contributed by atoms with Crippen molar-refractivity contribution in [3.63, 3.8) is 0 Å². The molecule has 1 N–H and O–H groups in total. The number of hydrogen-bond donors (Lipinski definition) is 1. The maximum Gasteiger partial charge on any atom is 0.0704 e. The third-order valence-corrected chi connectivity index (χ3v) is 3.87. The largest absolute Gasteiger partial charge is 0.319 e. The van der Waals surface area contributed by atoms with E-state index >= 15 is 0 Å². The molecule has 106 valence electrons. The lowest BCUT2D eigenvalue weighted by molar-refractivity contribution is 0.626. The smallest absolute Gasteiger partial charge is 0.0704 e. The second kappa shape index (κ2) is 6.51. The van der Waals surface area contributed by atoms with Gasteiger partial charge in [0.15, 0.2) is 0 Å². The normalized spacial score (nSPS) is 12.4. The van der Waals surface area contributed by atoms with Crippen LogP contribution in [0.2, 0.25) is 0 Å². The second-order valence-electron chi connectivity index (χ2n) is 5.40. The summed E-state index contributed by atoms with van der Waals surface area (Å²) in [7, 11) is 2.01. The van der Waals surface area contributed by atoms with Crippen molar-refractivity contribution in [2.75, 3.05) is 13.6 Å². The van der Waals surface area contributed by atoms with Crippen LogP contribution in [0.15, 0.2) is 66.9 Å². The van der Waals surface area contributed by atoms with E-state index in [0.717, 1.165) is 18.5 Å². The van der Waals surface area contributed by atoms with E-state index in [1.165, 1.54) is 16.5 Å². The van der Waals surface area contributed by atoms with E-state index in [-0.39, 0.29) is 0 Å². The first kappa shape index (κ1) is 13.8. The van der Waals surface area contributed by atoms with Gasteiger partial charge in [0.05, 0.1) is 5.52 Å². The van der Waals surface area contributed by atoms with Crippen molar-refractivity contribution < 1.29 is 0 Å². The standard InChI is InChI=1S/C19H20N2/c1-20-14-18(16-6-3-2-4-7-16)12-15-9-10-17-8-5-11-21-19(17)13-15/h2-11,13,18,20H,12,14H2,1H3. The van der Waals surface area contributed by atoms with Crippen molar-refractivity contribution in [1.82, 2.24) is 10.3 Å². The van der Waals surface area contributed by atoms with Gasteiger partial charge in [-0.25, -0.2) is 0 Å². The first-order valence-corrected chi connectivity index (χ1v) is 7.40. The average molecular weight is 276 g/mol. The molecule has 0 spiro atoms. The molecule has 0 saturated carbocycles. The van der Waals surface area contributed by atoms with Gasteiger partial charge in [0.1, 0.15) is 0 Å². The van der Waals surface area contributed by atoms with Gasteiger partial charge in [-0.1, -0.05) is 48.5 Å². The SMILES string of the molecule is CNCC(Cc1ccc2cccnc2c1)c1ccccc1. The lowest BCUT2D eigenvalue weighted by atomic mass is 9.91. The van der Waals surface area contributed by atoms with Crippen LogP contribution in [0.1, 0.15) is 17.0 Å². The molecular weight excluding hydrogens is 256 g/mol. The second-order valence-corrected chi connectivity index (χ2v) is 5.40. The number of rotatable bonds is 5. The van der Waals surface area contributed by atoms with Crippen molar-refractivity contribution in [3.8, 4) is 0 Å². The highest BCUT2D eigenvalue weighted by atomic mass is 14.8. The predicted octanol–water partition coefficient (Wildman–Crippen LogP) is 3.78. The van der Waals surface area contributed by atoms with Crippen LogP contribution in [0.3, 0.4) is 0 Å². The first-order chi connectivity index (χ1) is 10.4. The highest BCUT2D eigenvalue weighted by Gasteiger charge is 2.11. The van der Waals surface area contributed by atoms with Crippen molar-refractivity contribution in [1.29, 1.82) is 0 Å². The number of fused-ring (bicyclic) bond motifs is 1. The van der Waals surface area contributed by atoms with Gasteiger partial charge in [-0.2, -0.15) is 0 Å². The summed E-state index contributed by atoms with van der Waals surface area (Å²) >= 11 is 0. The minimum atomic E-state index is 0.484. The molecule has 0 aliphatic rings. The Morgan fingerprint density at radius 3 is 2.67 bits per heavy atom. The first-order valence-electron chi connectivity index (χ1n) is 7.40. The molecule has 1 heterocycles. The van der Waals surface area contributed by atoms with Gasteiger partial charge in [-0.05, 0) is 36.7 Å². The summed E-state index contributed by atoms with van der Waals surface area (Å²) in [6.45, 7) is 0.976. The minimum absolute atomic E-state index is 0.484. The average Bonchev–Trinajstić information content (AvgIpc) is 2.55. The van der Waals surface area contributed by atoms with Crippen LogP contribution < -0.4 is 5.32 Å². The summed E-state index contributed by atoms with van der Waals surface area (Å²) in [5.74, 6) is 0.484. The zero-order chi connectivity index (χ0) is 14.5. The Labute approximate surface area is 125 Å². The highest BCUT2D eigenvalue weighted by molar-refractivity contribution is 5.78. The van der Waals surface area contributed by atoms with Crippen LogP contribution in [0.25, 0.3) is 10.9 Å². The van der Waals surface area contributed by atoms with Crippen molar-refractivity contribution in [2.24, 2.45) is 0 Å². The minimum Gasteiger partial charge on any atom is -0.319 e. The van der Waals surface area contributed by atoms with Crippen LogP contribution in [0, 0.1) is 0 Å². The third-order valence-electron chi connectivity index (χ3n) is 3.87. The Morgan fingerprint density at radius 1 is 1.00 bits per heavy atom. The highest BCUT2D eigenvalue weighted by Crippen LogP contribution is 2.22. The van der Waals surface area contributed by atoms with Gasteiger partial charge >= 0.3 is 0 Å². The predicted molar refractivity (Wildman–Crippen MR) is 88.6 cm³/mol. The van der Waals surface area contributed by atoms with Gasteiger partial charge < -0.3 is 5.32 Å². The Kier molecular flexibility index (Phi) is 4.27. The fourth-order valence-electron chi connectivity index (χ4n) is 2.80. The summed E-state index contributed by atoms with van der Waals surface area (Å²) < 4.78 is 0. The molecule has 1 aromatic heterocycles. The molecule has 3 rings (SSSR count).